The molecule has 21 heavy (non-hydrogen) atoms. The van der Waals surface area contributed by atoms with Gasteiger partial charge in [0, 0.05) is 13.1 Å². The number of morpholine rings is 1. The van der Waals surface area contributed by atoms with Gasteiger partial charge in [0.2, 0.25) is 11.8 Å². The van der Waals surface area contributed by atoms with E-state index in [2.05, 4.69) is 5.32 Å². The summed E-state index contributed by atoms with van der Waals surface area (Å²) in [5.41, 5.74) is -1.08. The largest absolute Gasteiger partial charge is 0.480 e. The SMILES string of the molecule is O=C(CSCC(=O)N1CCOCC1)NC1(C(=O)O)CCC1. The van der Waals surface area contributed by atoms with Crippen molar-refractivity contribution in [3.8, 4) is 0 Å². The van der Waals surface area contributed by atoms with Gasteiger partial charge in [-0.2, -0.15) is 0 Å². The minimum absolute atomic E-state index is 0.00677. The van der Waals surface area contributed by atoms with E-state index in [1.165, 1.54) is 11.8 Å². The van der Waals surface area contributed by atoms with Crippen LogP contribution in [0, 0.1) is 0 Å². The highest BCUT2D eigenvalue weighted by atomic mass is 32.2. The van der Waals surface area contributed by atoms with Crippen LogP contribution in [0.25, 0.3) is 0 Å². The number of aliphatic carboxylic acids is 1. The van der Waals surface area contributed by atoms with Gasteiger partial charge in [-0.3, -0.25) is 9.59 Å². The monoisotopic (exact) mass is 316 g/mol. The first kappa shape index (κ1) is 16.1. The molecule has 2 N–H and O–H groups in total. The lowest BCUT2D eigenvalue weighted by Gasteiger charge is -2.38. The van der Waals surface area contributed by atoms with Gasteiger partial charge in [0.25, 0.3) is 0 Å². The Morgan fingerprint density at radius 2 is 1.86 bits per heavy atom. The molecule has 0 unspecified atom stereocenters. The van der Waals surface area contributed by atoms with E-state index in [4.69, 9.17) is 9.84 Å². The molecule has 0 bridgehead atoms. The van der Waals surface area contributed by atoms with Crippen molar-refractivity contribution < 1.29 is 24.2 Å². The second-order valence-corrected chi connectivity index (χ2v) is 6.26. The Labute approximate surface area is 127 Å². The summed E-state index contributed by atoms with van der Waals surface area (Å²) < 4.78 is 5.17. The lowest BCUT2D eigenvalue weighted by molar-refractivity contribution is -0.151. The van der Waals surface area contributed by atoms with E-state index in [-0.39, 0.29) is 23.3 Å². The first-order chi connectivity index (χ1) is 10.0. The Bertz CT molecular complexity index is 419. The van der Waals surface area contributed by atoms with Gasteiger partial charge in [-0.15, -0.1) is 11.8 Å². The van der Waals surface area contributed by atoms with Gasteiger partial charge in [-0.1, -0.05) is 0 Å². The predicted octanol–water partition coefficient (Wildman–Crippen LogP) is -0.298. The van der Waals surface area contributed by atoms with E-state index >= 15 is 0 Å². The number of carboxylic acids is 1. The van der Waals surface area contributed by atoms with Gasteiger partial charge in [-0.05, 0) is 19.3 Å². The molecule has 2 amide bonds. The molecule has 2 rings (SSSR count). The third-order valence-electron chi connectivity index (χ3n) is 3.82. The molecule has 0 aromatic carbocycles. The van der Waals surface area contributed by atoms with Gasteiger partial charge in [0.05, 0.1) is 24.7 Å². The molecule has 0 aromatic rings. The number of hydrogen-bond donors (Lipinski definition) is 2. The summed E-state index contributed by atoms with van der Waals surface area (Å²) in [7, 11) is 0. The zero-order valence-corrected chi connectivity index (χ0v) is 12.6. The molecule has 2 fully saturated rings. The number of carbonyl (C=O) groups is 3. The fourth-order valence-electron chi connectivity index (χ4n) is 2.36. The van der Waals surface area contributed by atoms with Crippen LogP contribution in [0.3, 0.4) is 0 Å². The minimum atomic E-state index is -1.08. The molecular weight excluding hydrogens is 296 g/mol. The van der Waals surface area contributed by atoms with Crippen LogP contribution in [0.1, 0.15) is 19.3 Å². The predicted molar refractivity (Wildman–Crippen MR) is 77.1 cm³/mol. The van der Waals surface area contributed by atoms with Crippen molar-refractivity contribution in [3.63, 3.8) is 0 Å². The Morgan fingerprint density at radius 1 is 1.19 bits per heavy atom. The second-order valence-electron chi connectivity index (χ2n) is 5.27. The van der Waals surface area contributed by atoms with E-state index in [9.17, 15) is 14.4 Å². The molecule has 1 saturated carbocycles. The number of thioether (sulfide) groups is 1. The number of amides is 2. The number of carbonyl (C=O) groups excluding carboxylic acids is 2. The molecule has 1 heterocycles. The van der Waals surface area contributed by atoms with Gasteiger partial charge in [-0.25, -0.2) is 4.79 Å². The lowest BCUT2D eigenvalue weighted by Crippen LogP contribution is -2.59. The summed E-state index contributed by atoms with van der Waals surface area (Å²) in [6.45, 7) is 2.29. The lowest BCUT2D eigenvalue weighted by atomic mass is 9.77. The van der Waals surface area contributed by atoms with Crippen LogP contribution in [-0.2, 0) is 19.1 Å². The maximum absolute atomic E-state index is 11.9. The number of nitrogens with one attached hydrogen (secondary N) is 1. The summed E-state index contributed by atoms with van der Waals surface area (Å²) in [4.78, 5) is 36.5. The van der Waals surface area contributed by atoms with E-state index in [1.54, 1.807) is 4.90 Å². The summed E-state index contributed by atoms with van der Waals surface area (Å²) in [6, 6.07) is 0. The van der Waals surface area contributed by atoms with Gasteiger partial charge < -0.3 is 20.1 Å². The van der Waals surface area contributed by atoms with Gasteiger partial charge >= 0.3 is 5.97 Å². The van der Waals surface area contributed by atoms with Crippen molar-refractivity contribution >= 4 is 29.5 Å². The molecule has 8 heteroatoms. The average molecular weight is 316 g/mol. The molecular formula is C13H20N2O5S. The molecule has 118 valence electrons. The van der Waals surface area contributed by atoms with Crippen LogP contribution >= 0.6 is 11.8 Å². The van der Waals surface area contributed by atoms with Crippen molar-refractivity contribution in [1.82, 2.24) is 10.2 Å². The zero-order chi connectivity index (χ0) is 15.3. The first-order valence-corrected chi connectivity index (χ1v) is 8.17. The number of carboxylic acid groups (broad SMARTS) is 1. The third kappa shape index (κ3) is 4.10. The maximum atomic E-state index is 11.9. The summed E-state index contributed by atoms with van der Waals surface area (Å²) in [5.74, 6) is -0.973. The van der Waals surface area contributed by atoms with E-state index in [0.717, 1.165) is 6.42 Å². The Kier molecular flexibility index (Phi) is 5.46. The standard InChI is InChI=1S/C13H20N2O5S/c16-10(14-13(12(18)19)2-1-3-13)8-21-9-11(17)15-4-6-20-7-5-15/h1-9H2,(H,14,16)(H,18,19). The fraction of sp³-hybridized carbons (Fsp3) is 0.769. The Hall–Kier alpha value is -1.28. The van der Waals surface area contributed by atoms with Crippen molar-refractivity contribution in [1.29, 1.82) is 0 Å². The second kappa shape index (κ2) is 7.13. The van der Waals surface area contributed by atoms with Gasteiger partial charge in [0.1, 0.15) is 5.54 Å². The zero-order valence-electron chi connectivity index (χ0n) is 11.8. The van der Waals surface area contributed by atoms with Crippen LogP contribution in [0.15, 0.2) is 0 Å². The molecule has 1 aliphatic heterocycles. The van der Waals surface area contributed by atoms with Crippen molar-refractivity contribution in [2.24, 2.45) is 0 Å². The van der Waals surface area contributed by atoms with E-state index in [1.807, 2.05) is 0 Å². The third-order valence-corrected chi connectivity index (χ3v) is 4.74. The van der Waals surface area contributed by atoms with Gasteiger partial charge in [0.15, 0.2) is 0 Å². The van der Waals surface area contributed by atoms with Crippen molar-refractivity contribution in [3.05, 3.63) is 0 Å². The molecule has 0 aromatic heterocycles. The Morgan fingerprint density at radius 3 is 2.38 bits per heavy atom. The maximum Gasteiger partial charge on any atom is 0.329 e. The molecule has 2 aliphatic rings. The smallest absolute Gasteiger partial charge is 0.329 e. The number of hydrogen-bond acceptors (Lipinski definition) is 5. The molecule has 1 aliphatic carbocycles. The topological polar surface area (TPSA) is 95.9 Å². The molecule has 7 nitrogen and oxygen atoms in total. The average Bonchev–Trinajstić information content (AvgIpc) is 2.43. The van der Waals surface area contributed by atoms with E-state index < -0.39 is 11.5 Å². The van der Waals surface area contributed by atoms with E-state index in [0.29, 0.717) is 39.1 Å². The minimum Gasteiger partial charge on any atom is -0.480 e. The normalized spacial score (nSPS) is 20.5. The quantitative estimate of drug-likeness (QED) is 0.698. The summed E-state index contributed by atoms with van der Waals surface area (Å²) in [6.07, 6.45) is 1.77. The number of nitrogens with zero attached hydrogens (tertiary/aromatic N) is 1. The van der Waals surface area contributed by atoms with Crippen LogP contribution in [0.4, 0.5) is 0 Å². The van der Waals surface area contributed by atoms with Crippen molar-refractivity contribution in [2.45, 2.75) is 24.8 Å². The van der Waals surface area contributed by atoms with Crippen LogP contribution in [-0.4, -0.2) is 71.1 Å². The molecule has 0 radical (unpaired) electrons. The van der Waals surface area contributed by atoms with Crippen LogP contribution < -0.4 is 5.32 Å². The number of rotatable bonds is 6. The van der Waals surface area contributed by atoms with Crippen LogP contribution in [0.2, 0.25) is 0 Å². The molecule has 1 saturated heterocycles. The highest BCUT2D eigenvalue weighted by molar-refractivity contribution is 8.00. The highest BCUT2D eigenvalue weighted by Gasteiger charge is 2.45. The number of ether oxygens (including phenoxy) is 1. The fourth-order valence-corrected chi connectivity index (χ4v) is 3.08. The molecule has 0 spiro atoms. The van der Waals surface area contributed by atoms with Crippen LogP contribution in [0.5, 0.6) is 0 Å². The summed E-state index contributed by atoms with van der Waals surface area (Å²) in [5, 5.41) is 11.7. The first-order valence-electron chi connectivity index (χ1n) is 7.01. The Balaban J connectivity index is 1.67. The van der Waals surface area contributed by atoms with Crippen molar-refractivity contribution in [2.75, 3.05) is 37.8 Å². The highest BCUT2D eigenvalue weighted by Crippen LogP contribution is 2.32. The summed E-state index contributed by atoms with van der Waals surface area (Å²) >= 11 is 1.21. The molecule has 0 atom stereocenters.